The topological polar surface area (TPSA) is 29.1 Å². The van der Waals surface area contributed by atoms with Crippen LogP contribution in [0.3, 0.4) is 0 Å². The van der Waals surface area contributed by atoms with Crippen molar-refractivity contribution in [3.8, 4) is 0 Å². The third-order valence-corrected chi connectivity index (χ3v) is 4.35. The highest BCUT2D eigenvalue weighted by Crippen LogP contribution is 2.30. The number of alkyl halides is 1. The van der Waals surface area contributed by atoms with E-state index in [9.17, 15) is 13.6 Å². The van der Waals surface area contributed by atoms with Gasteiger partial charge in [0.2, 0.25) is 0 Å². The van der Waals surface area contributed by atoms with Gasteiger partial charge in [-0.3, -0.25) is 4.79 Å². The van der Waals surface area contributed by atoms with Crippen molar-refractivity contribution in [1.29, 1.82) is 0 Å². The molecule has 0 spiro atoms. The maximum absolute atomic E-state index is 13.5. The van der Waals surface area contributed by atoms with Crippen LogP contribution in [0.2, 0.25) is 0 Å². The molecule has 0 saturated heterocycles. The number of carbonyl (C=O) groups is 1. The van der Waals surface area contributed by atoms with Crippen molar-refractivity contribution in [2.45, 2.75) is 31.0 Å². The molecule has 0 heterocycles. The molecule has 1 aliphatic rings. The predicted molar refractivity (Wildman–Crippen MR) is 73.5 cm³/mol. The van der Waals surface area contributed by atoms with Crippen LogP contribution in [-0.4, -0.2) is 17.3 Å². The molecule has 19 heavy (non-hydrogen) atoms. The molecule has 5 heteroatoms. The molecular formula is C14H16BrF2NO. The summed E-state index contributed by atoms with van der Waals surface area (Å²) in [4.78, 5) is 12.4. The summed E-state index contributed by atoms with van der Waals surface area (Å²) < 4.78 is 26.7. The van der Waals surface area contributed by atoms with Crippen LogP contribution in [0.15, 0.2) is 12.1 Å². The maximum atomic E-state index is 13.5. The lowest BCUT2D eigenvalue weighted by Crippen LogP contribution is -2.29. The van der Waals surface area contributed by atoms with Crippen LogP contribution in [0.4, 0.5) is 8.78 Å². The van der Waals surface area contributed by atoms with Gasteiger partial charge >= 0.3 is 0 Å². The minimum Gasteiger partial charge on any atom is -0.352 e. The first-order valence-electron chi connectivity index (χ1n) is 6.35. The summed E-state index contributed by atoms with van der Waals surface area (Å²) in [7, 11) is 0. The zero-order valence-electron chi connectivity index (χ0n) is 10.7. The van der Waals surface area contributed by atoms with Gasteiger partial charge in [0.1, 0.15) is 11.6 Å². The first kappa shape index (κ1) is 14.4. The maximum Gasteiger partial charge on any atom is 0.254 e. The van der Waals surface area contributed by atoms with Gasteiger partial charge in [0, 0.05) is 17.4 Å². The van der Waals surface area contributed by atoms with Crippen LogP contribution in [-0.2, 0) is 0 Å². The van der Waals surface area contributed by atoms with Crippen LogP contribution in [0.25, 0.3) is 0 Å². The lowest BCUT2D eigenvalue weighted by Gasteiger charge is -2.12. The molecule has 1 fully saturated rings. The Bertz CT molecular complexity index is 493. The van der Waals surface area contributed by atoms with E-state index in [1.54, 1.807) is 0 Å². The Morgan fingerprint density at radius 1 is 1.37 bits per heavy atom. The third-order valence-electron chi connectivity index (χ3n) is 3.52. The second kappa shape index (κ2) is 5.99. The molecule has 2 atom stereocenters. The van der Waals surface area contributed by atoms with Crippen molar-refractivity contribution in [2.24, 2.45) is 5.92 Å². The van der Waals surface area contributed by atoms with Gasteiger partial charge in [0.15, 0.2) is 0 Å². The smallest absolute Gasteiger partial charge is 0.254 e. The highest BCUT2D eigenvalue weighted by Gasteiger charge is 2.23. The number of hydrogen-bond donors (Lipinski definition) is 1. The molecule has 1 N–H and O–H groups in total. The highest BCUT2D eigenvalue weighted by molar-refractivity contribution is 9.09. The number of rotatable bonds is 3. The fourth-order valence-electron chi connectivity index (χ4n) is 2.36. The average molecular weight is 332 g/mol. The Hall–Kier alpha value is -0.970. The molecule has 2 rings (SSSR count). The number of hydrogen-bond acceptors (Lipinski definition) is 1. The quantitative estimate of drug-likeness (QED) is 0.843. The predicted octanol–water partition coefficient (Wildman–Crippen LogP) is 3.57. The largest absolute Gasteiger partial charge is 0.352 e. The lowest BCUT2D eigenvalue weighted by atomic mass is 10.1. The first-order valence-corrected chi connectivity index (χ1v) is 7.27. The molecule has 1 saturated carbocycles. The van der Waals surface area contributed by atoms with Gasteiger partial charge in [-0.05, 0) is 43.7 Å². The van der Waals surface area contributed by atoms with Crippen molar-refractivity contribution < 1.29 is 13.6 Å². The zero-order chi connectivity index (χ0) is 14.0. The van der Waals surface area contributed by atoms with Crippen LogP contribution in [0, 0.1) is 24.5 Å². The van der Waals surface area contributed by atoms with Crippen LogP contribution < -0.4 is 5.32 Å². The molecule has 0 radical (unpaired) electrons. The molecule has 1 aromatic rings. The standard InChI is InChI=1S/C14H16BrF2NO/c1-8-4-11(13(17)6-12(8)16)14(19)18-7-9-2-3-10(15)5-9/h4,6,9-10H,2-3,5,7H2,1H3,(H,18,19). The van der Waals surface area contributed by atoms with Gasteiger partial charge < -0.3 is 5.32 Å². The highest BCUT2D eigenvalue weighted by atomic mass is 79.9. The molecule has 104 valence electrons. The summed E-state index contributed by atoms with van der Waals surface area (Å²) in [6, 6.07) is 2.01. The summed E-state index contributed by atoms with van der Waals surface area (Å²) in [6.45, 7) is 2.05. The van der Waals surface area contributed by atoms with Crippen molar-refractivity contribution in [1.82, 2.24) is 5.32 Å². The SMILES string of the molecule is Cc1cc(C(=O)NCC2CCC(Br)C2)c(F)cc1F. The molecule has 0 bridgehead atoms. The summed E-state index contributed by atoms with van der Waals surface area (Å²) in [6.07, 6.45) is 3.18. The van der Waals surface area contributed by atoms with Gasteiger partial charge in [-0.1, -0.05) is 15.9 Å². The summed E-state index contributed by atoms with van der Waals surface area (Å²) in [5.41, 5.74) is 0.181. The van der Waals surface area contributed by atoms with E-state index in [1.165, 1.54) is 13.0 Å². The number of aryl methyl sites for hydroxylation is 1. The molecule has 1 aliphatic carbocycles. The van der Waals surface area contributed by atoms with Crippen molar-refractivity contribution in [3.05, 3.63) is 34.9 Å². The molecule has 2 unspecified atom stereocenters. The lowest BCUT2D eigenvalue weighted by molar-refractivity contribution is 0.0943. The number of amides is 1. The monoisotopic (exact) mass is 331 g/mol. The Balaban J connectivity index is 1.98. The normalized spacial score (nSPS) is 22.5. The van der Waals surface area contributed by atoms with Crippen molar-refractivity contribution in [3.63, 3.8) is 0 Å². The van der Waals surface area contributed by atoms with E-state index in [0.29, 0.717) is 17.3 Å². The van der Waals surface area contributed by atoms with Crippen molar-refractivity contribution in [2.75, 3.05) is 6.54 Å². The number of nitrogens with one attached hydrogen (secondary N) is 1. The van der Waals surface area contributed by atoms with E-state index in [2.05, 4.69) is 21.2 Å². The second-order valence-electron chi connectivity index (χ2n) is 5.07. The van der Waals surface area contributed by atoms with E-state index in [0.717, 1.165) is 25.3 Å². The van der Waals surface area contributed by atoms with Gasteiger partial charge in [-0.15, -0.1) is 0 Å². The van der Waals surface area contributed by atoms with Crippen LogP contribution >= 0.6 is 15.9 Å². The first-order chi connectivity index (χ1) is 8.97. The third kappa shape index (κ3) is 3.53. The van der Waals surface area contributed by atoms with E-state index in [-0.39, 0.29) is 11.1 Å². The summed E-state index contributed by atoms with van der Waals surface area (Å²) in [5, 5.41) is 2.73. The fraction of sp³-hybridized carbons (Fsp3) is 0.500. The molecule has 1 amide bonds. The van der Waals surface area contributed by atoms with E-state index in [4.69, 9.17) is 0 Å². The van der Waals surface area contributed by atoms with Crippen molar-refractivity contribution >= 4 is 21.8 Å². The number of carbonyl (C=O) groups excluding carboxylic acids is 1. The molecule has 0 aromatic heterocycles. The van der Waals surface area contributed by atoms with Crippen LogP contribution in [0.5, 0.6) is 0 Å². The second-order valence-corrected chi connectivity index (χ2v) is 6.36. The Morgan fingerprint density at radius 3 is 2.74 bits per heavy atom. The van der Waals surface area contributed by atoms with E-state index < -0.39 is 17.5 Å². The molecule has 1 aromatic carbocycles. The van der Waals surface area contributed by atoms with Crippen LogP contribution in [0.1, 0.15) is 35.2 Å². The van der Waals surface area contributed by atoms with Gasteiger partial charge in [0.05, 0.1) is 5.56 Å². The zero-order valence-corrected chi connectivity index (χ0v) is 12.3. The van der Waals surface area contributed by atoms with Gasteiger partial charge in [-0.2, -0.15) is 0 Å². The number of halogens is 3. The summed E-state index contributed by atoms with van der Waals surface area (Å²) >= 11 is 3.55. The van der Waals surface area contributed by atoms with Gasteiger partial charge in [-0.25, -0.2) is 8.78 Å². The molecular weight excluding hydrogens is 316 g/mol. The van der Waals surface area contributed by atoms with Gasteiger partial charge in [0.25, 0.3) is 5.91 Å². The van der Waals surface area contributed by atoms with E-state index in [1.807, 2.05) is 0 Å². The molecule has 0 aliphatic heterocycles. The minimum absolute atomic E-state index is 0.0905. The number of benzene rings is 1. The Morgan fingerprint density at radius 2 is 2.11 bits per heavy atom. The summed E-state index contributed by atoms with van der Waals surface area (Å²) in [5.74, 6) is -1.49. The fourth-order valence-corrected chi connectivity index (χ4v) is 3.16. The molecule has 2 nitrogen and oxygen atoms in total. The average Bonchev–Trinajstić information content (AvgIpc) is 2.77. The Kier molecular flexibility index (Phi) is 4.55. The Labute approximate surface area is 119 Å². The minimum atomic E-state index is -0.814. The van der Waals surface area contributed by atoms with E-state index >= 15 is 0 Å².